The van der Waals surface area contributed by atoms with Crippen LogP contribution >= 0.6 is 0 Å². The second kappa shape index (κ2) is 9.06. The summed E-state index contributed by atoms with van der Waals surface area (Å²) < 4.78 is 19.2. The van der Waals surface area contributed by atoms with Crippen LogP contribution in [0.5, 0.6) is 0 Å². The van der Waals surface area contributed by atoms with Gasteiger partial charge in [0.15, 0.2) is 5.65 Å². The topological polar surface area (TPSA) is 122 Å². The molecule has 10 nitrogen and oxygen atoms in total. The molecule has 2 aliphatic rings. The molecule has 0 aliphatic carbocycles. The lowest BCUT2D eigenvalue weighted by atomic mass is 9.91. The van der Waals surface area contributed by atoms with Crippen molar-refractivity contribution in [2.24, 2.45) is 0 Å². The quantitative estimate of drug-likeness (QED) is 0.459. The van der Waals surface area contributed by atoms with Crippen molar-refractivity contribution in [3.05, 3.63) is 48.2 Å². The number of aromatic nitrogens is 6. The Balaban J connectivity index is 1.35. The van der Waals surface area contributed by atoms with Gasteiger partial charge < -0.3 is 20.3 Å². The highest BCUT2D eigenvalue weighted by Gasteiger charge is 2.28. The zero-order valence-electron chi connectivity index (χ0n) is 19.2. The van der Waals surface area contributed by atoms with Gasteiger partial charge >= 0.3 is 0 Å². The van der Waals surface area contributed by atoms with Crippen molar-refractivity contribution in [2.75, 3.05) is 54.9 Å². The molecule has 11 heteroatoms. The fourth-order valence-electron chi connectivity index (χ4n) is 4.90. The predicted molar refractivity (Wildman–Crippen MR) is 131 cm³/mol. The Hall–Kier alpha value is -3.86. The van der Waals surface area contributed by atoms with Crippen molar-refractivity contribution < 1.29 is 9.13 Å². The number of nitrogen functional groups attached to an aromatic ring is 1. The van der Waals surface area contributed by atoms with Crippen LogP contribution in [0.25, 0.3) is 22.3 Å². The maximum absolute atomic E-state index is 13.7. The number of aromatic amines is 1. The normalized spacial score (nSPS) is 17.3. The lowest BCUT2D eigenvalue weighted by molar-refractivity contribution is 0.122. The summed E-state index contributed by atoms with van der Waals surface area (Å²) in [6.07, 6.45) is 5.18. The molecule has 3 aromatic heterocycles. The van der Waals surface area contributed by atoms with E-state index in [-0.39, 0.29) is 17.7 Å². The molecule has 0 radical (unpaired) electrons. The van der Waals surface area contributed by atoms with Gasteiger partial charge in [0.1, 0.15) is 5.82 Å². The first-order valence-electron chi connectivity index (χ1n) is 11.8. The highest BCUT2D eigenvalue weighted by Crippen LogP contribution is 2.37. The van der Waals surface area contributed by atoms with Gasteiger partial charge in [-0.05, 0) is 31.0 Å². The molecule has 0 saturated carbocycles. The first-order valence-corrected chi connectivity index (χ1v) is 11.8. The minimum absolute atomic E-state index is 0.213. The summed E-state index contributed by atoms with van der Waals surface area (Å²) in [6, 6.07) is 6.77. The third-order valence-corrected chi connectivity index (χ3v) is 6.75. The molecule has 2 fully saturated rings. The van der Waals surface area contributed by atoms with Gasteiger partial charge in [0, 0.05) is 55.7 Å². The van der Waals surface area contributed by atoms with Crippen molar-refractivity contribution in [1.29, 1.82) is 0 Å². The van der Waals surface area contributed by atoms with E-state index in [4.69, 9.17) is 20.4 Å². The number of hydrogen-bond donors (Lipinski definition) is 2. The number of ether oxygens (including phenoxy) is 1. The fourth-order valence-corrected chi connectivity index (χ4v) is 4.90. The molecule has 0 atom stereocenters. The Bertz CT molecular complexity index is 1330. The van der Waals surface area contributed by atoms with Gasteiger partial charge in [-0.2, -0.15) is 10.1 Å². The molecule has 6 rings (SSSR count). The Morgan fingerprint density at radius 1 is 1.00 bits per heavy atom. The largest absolute Gasteiger partial charge is 0.378 e. The van der Waals surface area contributed by atoms with E-state index in [1.807, 2.05) is 6.07 Å². The van der Waals surface area contributed by atoms with Crippen molar-refractivity contribution >= 4 is 28.6 Å². The van der Waals surface area contributed by atoms with Gasteiger partial charge in [0.05, 0.1) is 30.0 Å². The third kappa shape index (κ3) is 4.23. The highest BCUT2D eigenvalue weighted by atomic mass is 19.1. The van der Waals surface area contributed by atoms with Crippen LogP contribution in [0.3, 0.4) is 0 Å². The summed E-state index contributed by atoms with van der Waals surface area (Å²) in [5.41, 5.74) is 9.79. The SMILES string of the molecule is Nc1ncc(-c2nc(N3CCOCC3)nc3n[nH]c(C4CCN(c5cccc(F)c5)CC4)c23)cn1. The van der Waals surface area contributed by atoms with E-state index in [1.165, 1.54) is 6.07 Å². The van der Waals surface area contributed by atoms with E-state index in [0.29, 0.717) is 24.8 Å². The van der Waals surface area contributed by atoms with Gasteiger partial charge in [-0.15, -0.1) is 0 Å². The van der Waals surface area contributed by atoms with E-state index in [2.05, 4.69) is 30.0 Å². The Kier molecular flexibility index (Phi) is 5.61. The minimum Gasteiger partial charge on any atom is -0.378 e. The number of rotatable bonds is 4. The summed E-state index contributed by atoms with van der Waals surface area (Å²) in [4.78, 5) is 22.4. The number of nitrogens with one attached hydrogen (secondary N) is 1. The van der Waals surface area contributed by atoms with Crippen molar-refractivity contribution in [1.82, 2.24) is 30.1 Å². The van der Waals surface area contributed by atoms with Gasteiger partial charge in [-0.25, -0.2) is 19.3 Å². The zero-order chi connectivity index (χ0) is 23.8. The van der Waals surface area contributed by atoms with Crippen LogP contribution in [-0.4, -0.2) is 69.5 Å². The number of nitrogens with zero attached hydrogens (tertiary/aromatic N) is 7. The van der Waals surface area contributed by atoms with Crippen LogP contribution in [-0.2, 0) is 4.74 Å². The first kappa shape index (κ1) is 21.7. The molecular weight excluding hydrogens is 449 g/mol. The number of anilines is 3. The lowest BCUT2D eigenvalue weighted by Gasteiger charge is -2.33. The monoisotopic (exact) mass is 475 g/mol. The maximum Gasteiger partial charge on any atom is 0.228 e. The van der Waals surface area contributed by atoms with Crippen LogP contribution in [0.1, 0.15) is 24.5 Å². The van der Waals surface area contributed by atoms with Crippen molar-refractivity contribution in [3.8, 4) is 11.3 Å². The summed E-state index contributed by atoms with van der Waals surface area (Å²) in [5, 5.41) is 8.73. The number of hydrogen-bond acceptors (Lipinski definition) is 9. The zero-order valence-corrected chi connectivity index (χ0v) is 19.2. The Morgan fingerprint density at radius 3 is 2.51 bits per heavy atom. The molecule has 0 spiro atoms. The second-order valence-electron chi connectivity index (χ2n) is 8.88. The summed E-state index contributed by atoms with van der Waals surface area (Å²) in [6.45, 7) is 4.36. The number of morpholine rings is 1. The van der Waals surface area contributed by atoms with Gasteiger partial charge in [-0.1, -0.05) is 6.07 Å². The molecule has 35 heavy (non-hydrogen) atoms. The Labute approximate surface area is 201 Å². The van der Waals surface area contributed by atoms with E-state index in [1.54, 1.807) is 24.5 Å². The van der Waals surface area contributed by atoms with Crippen molar-refractivity contribution in [2.45, 2.75) is 18.8 Å². The molecule has 2 saturated heterocycles. The summed E-state index contributed by atoms with van der Waals surface area (Å²) in [5.74, 6) is 0.861. The van der Waals surface area contributed by atoms with Gasteiger partial charge in [0.2, 0.25) is 11.9 Å². The molecule has 2 aliphatic heterocycles. The van der Waals surface area contributed by atoms with Crippen LogP contribution in [0.2, 0.25) is 0 Å². The molecule has 0 bridgehead atoms. The van der Waals surface area contributed by atoms with Crippen molar-refractivity contribution in [3.63, 3.8) is 0 Å². The Morgan fingerprint density at radius 2 is 1.77 bits per heavy atom. The number of H-pyrrole nitrogens is 1. The number of nitrogens with two attached hydrogens (primary N) is 1. The third-order valence-electron chi connectivity index (χ3n) is 6.75. The molecule has 3 N–H and O–H groups in total. The number of fused-ring (bicyclic) bond motifs is 1. The highest BCUT2D eigenvalue weighted by molar-refractivity contribution is 5.93. The number of piperidine rings is 1. The van der Waals surface area contributed by atoms with Crippen LogP contribution < -0.4 is 15.5 Å². The molecule has 5 heterocycles. The van der Waals surface area contributed by atoms with E-state index in [0.717, 1.165) is 67.0 Å². The fraction of sp³-hybridized carbons (Fsp3) is 0.375. The molecule has 1 aromatic carbocycles. The van der Waals surface area contributed by atoms with Gasteiger partial charge in [0.25, 0.3) is 0 Å². The average Bonchev–Trinajstić information content (AvgIpc) is 3.33. The van der Waals surface area contributed by atoms with Crippen LogP contribution in [0.15, 0.2) is 36.7 Å². The molecule has 180 valence electrons. The predicted octanol–water partition coefficient (Wildman–Crippen LogP) is 2.75. The summed E-state index contributed by atoms with van der Waals surface area (Å²) in [7, 11) is 0. The number of halogens is 1. The lowest BCUT2D eigenvalue weighted by Crippen LogP contribution is -2.37. The molecule has 0 amide bonds. The molecule has 0 unspecified atom stereocenters. The van der Waals surface area contributed by atoms with Crippen LogP contribution in [0, 0.1) is 5.82 Å². The summed E-state index contributed by atoms with van der Waals surface area (Å²) >= 11 is 0. The average molecular weight is 476 g/mol. The standard InChI is InChI=1S/C24H26FN9O/c25-17-2-1-3-18(12-17)33-6-4-15(5-7-33)21-19-20(16-13-27-23(26)28-14-16)29-24(30-22(19)32-31-21)34-8-10-35-11-9-34/h1-3,12-15H,4-11H2,(H2,26,27,28)(H,29,30,31,32). The van der Waals surface area contributed by atoms with E-state index < -0.39 is 0 Å². The first-order chi connectivity index (χ1) is 17.2. The molecular formula is C24H26FN9O. The second-order valence-corrected chi connectivity index (χ2v) is 8.88. The van der Waals surface area contributed by atoms with E-state index in [9.17, 15) is 4.39 Å². The smallest absolute Gasteiger partial charge is 0.228 e. The van der Waals surface area contributed by atoms with Crippen LogP contribution in [0.4, 0.5) is 22.0 Å². The maximum atomic E-state index is 13.7. The number of benzene rings is 1. The van der Waals surface area contributed by atoms with Gasteiger partial charge in [-0.3, -0.25) is 5.10 Å². The minimum atomic E-state index is -0.215. The molecule has 4 aromatic rings. The van der Waals surface area contributed by atoms with E-state index >= 15 is 0 Å².